The number of halogens is 2. The molecule has 0 saturated carbocycles. The maximum atomic E-state index is 14.1. The minimum absolute atomic E-state index is 0.00663. The Kier molecular flexibility index (Phi) is 7.68. The number of likely N-dealkylation sites (tertiary alicyclic amines) is 1. The van der Waals surface area contributed by atoms with Crippen molar-refractivity contribution < 1.29 is 23.8 Å². The number of carbonyl (C=O) groups is 1. The van der Waals surface area contributed by atoms with Crippen molar-refractivity contribution in [2.45, 2.75) is 45.4 Å². The maximum absolute atomic E-state index is 14.1. The van der Waals surface area contributed by atoms with E-state index in [4.69, 9.17) is 31.0 Å². The average Bonchev–Trinajstić information content (AvgIpc) is 3.28. The standard InChI is InChI=1S/C31H32ClFN4O4/c1-31(18-40-19-31)17-37-27-13-21(30(38)39)6-8-26(27)34-28(37)15-36-11-9-20(10-12-36)25-3-2-4-29(35-25)41-16-22-5-7-23(32)14-24(22)33/h2-8,13-14,20H,9-12,15-19H2,1H3,(H,38,39). The zero-order valence-electron chi connectivity index (χ0n) is 22.9. The number of pyridine rings is 1. The first-order valence-corrected chi connectivity index (χ1v) is 14.2. The molecule has 6 rings (SSSR count). The second kappa shape index (κ2) is 11.4. The highest BCUT2D eigenvalue weighted by molar-refractivity contribution is 6.30. The van der Waals surface area contributed by atoms with Gasteiger partial charge in [0.1, 0.15) is 18.2 Å². The van der Waals surface area contributed by atoms with E-state index in [9.17, 15) is 14.3 Å². The third-order valence-electron chi connectivity index (χ3n) is 8.02. The van der Waals surface area contributed by atoms with Crippen LogP contribution < -0.4 is 4.74 Å². The van der Waals surface area contributed by atoms with Crippen LogP contribution in [0.3, 0.4) is 0 Å². The predicted molar refractivity (Wildman–Crippen MR) is 153 cm³/mol. The molecule has 0 bridgehead atoms. The maximum Gasteiger partial charge on any atom is 0.335 e. The Hall–Kier alpha value is -3.53. The number of imidazole rings is 1. The van der Waals surface area contributed by atoms with Crippen molar-refractivity contribution in [1.82, 2.24) is 19.4 Å². The van der Waals surface area contributed by atoms with Crippen LogP contribution >= 0.6 is 11.6 Å². The molecule has 2 saturated heterocycles. The predicted octanol–water partition coefficient (Wildman–Crippen LogP) is 5.92. The van der Waals surface area contributed by atoms with Gasteiger partial charge in [-0.05, 0) is 62.3 Å². The number of carboxylic acid groups (broad SMARTS) is 1. The molecule has 2 aromatic carbocycles. The lowest BCUT2D eigenvalue weighted by molar-refractivity contribution is -0.110. The first-order chi connectivity index (χ1) is 19.8. The normalized spacial score (nSPS) is 17.4. The summed E-state index contributed by atoms with van der Waals surface area (Å²) in [5, 5.41) is 9.89. The van der Waals surface area contributed by atoms with E-state index in [-0.39, 0.29) is 17.6 Å². The van der Waals surface area contributed by atoms with Crippen molar-refractivity contribution in [3.8, 4) is 5.88 Å². The number of fused-ring (bicyclic) bond motifs is 1. The number of hydrogen-bond acceptors (Lipinski definition) is 6. The largest absolute Gasteiger partial charge is 0.478 e. The van der Waals surface area contributed by atoms with Gasteiger partial charge in [-0.1, -0.05) is 30.7 Å². The van der Waals surface area contributed by atoms with E-state index in [1.165, 1.54) is 6.07 Å². The Balaban J connectivity index is 1.12. The monoisotopic (exact) mass is 578 g/mol. The molecular weight excluding hydrogens is 547 g/mol. The van der Waals surface area contributed by atoms with Crippen molar-refractivity contribution in [3.63, 3.8) is 0 Å². The van der Waals surface area contributed by atoms with E-state index in [1.54, 1.807) is 36.4 Å². The minimum atomic E-state index is -0.943. The lowest BCUT2D eigenvalue weighted by atomic mass is 9.88. The molecule has 1 N–H and O–H groups in total. The molecule has 0 unspecified atom stereocenters. The van der Waals surface area contributed by atoms with Crippen LogP contribution in [-0.4, -0.2) is 56.8 Å². The number of aromatic nitrogens is 3. The SMILES string of the molecule is CC1(Cn2c(CN3CCC(c4cccc(OCc5ccc(Cl)cc5F)n4)CC3)nc3ccc(C(=O)O)cc32)COC1. The molecule has 2 aliphatic heterocycles. The quantitative estimate of drug-likeness (QED) is 0.264. The van der Waals surface area contributed by atoms with Crippen molar-refractivity contribution in [3.05, 3.63) is 88.1 Å². The van der Waals surface area contributed by atoms with Crippen molar-refractivity contribution in [2.75, 3.05) is 26.3 Å². The van der Waals surface area contributed by atoms with Gasteiger partial charge in [0.05, 0.1) is 36.4 Å². The Morgan fingerprint density at radius 3 is 2.66 bits per heavy atom. The van der Waals surface area contributed by atoms with Crippen molar-refractivity contribution in [1.29, 1.82) is 0 Å². The molecule has 214 valence electrons. The molecule has 0 aliphatic carbocycles. The summed E-state index contributed by atoms with van der Waals surface area (Å²) in [7, 11) is 0. The average molecular weight is 579 g/mol. The second-order valence-corrected chi connectivity index (χ2v) is 11.8. The van der Waals surface area contributed by atoms with Crippen LogP contribution in [0.5, 0.6) is 5.88 Å². The van der Waals surface area contributed by atoms with Gasteiger partial charge in [0.25, 0.3) is 0 Å². The van der Waals surface area contributed by atoms with Gasteiger partial charge in [0.2, 0.25) is 5.88 Å². The van der Waals surface area contributed by atoms with E-state index in [2.05, 4.69) is 16.4 Å². The molecule has 2 aliphatic rings. The first kappa shape index (κ1) is 27.6. The van der Waals surface area contributed by atoms with E-state index in [0.29, 0.717) is 42.1 Å². The third kappa shape index (κ3) is 6.07. The number of carboxylic acids is 1. The van der Waals surface area contributed by atoms with E-state index < -0.39 is 11.8 Å². The summed E-state index contributed by atoms with van der Waals surface area (Å²) in [6.07, 6.45) is 1.88. The lowest BCUT2D eigenvalue weighted by Crippen LogP contribution is -2.43. The number of ether oxygens (including phenoxy) is 2. The van der Waals surface area contributed by atoms with E-state index in [1.807, 2.05) is 12.1 Å². The molecule has 8 nitrogen and oxygen atoms in total. The van der Waals surface area contributed by atoms with Gasteiger partial charge in [0.15, 0.2) is 0 Å². The molecule has 0 amide bonds. The topological polar surface area (TPSA) is 89.7 Å². The Bertz CT molecular complexity index is 1580. The van der Waals surface area contributed by atoms with E-state index >= 15 is 0 Å². The molecule has 0 atom stereocenters. The van der Waals surface area contributed by atoms with Gasteiger partial charge in [-0.15, -0.1) is 0 Å². The fourth-order valence-corrected chi connectivity index (χ4v) is 5.80. The van der Waals surface area contributed by atoms with Crippen LogP contribution in [0.2, 0.25) is 5.02 Å². The van der Waals surface area contributed by atoms with Crippen molar-refractivity contribution >= 4 is 28.6 Å². The lowest BCUT2D eigenvalue weighted by Gasteiger charge is -2.39. The zero-order valence-corrected chi connectivity index (χ0v) is 23.6. The second-order valence-electron chi connectivity index (χ2n) is 11.4. The molecule has 2 fully saturated rings. The highest BCUT2D eigenvalue weighted by Gasteiger charge is 2.35. The fraction of sp³-hybridized carbons (Fsp3) is 0.387. The van der Waals surface area contributed by atoms with Crippen LogP contribution in [0.1, 0.15) is 53.1 Å². The van der Waals surface area contributed by atoms with Crippen LogP contribution in [0.15, 0.2) is 54.6 Å². The molecule has 10 heteroatoms. The molecule has 0 radical (unpaired) electrons. The van der Waals surface area contributed by atoms with Gasteiger partial charge in [-0.3, -0.25) is 4.90 Å². The number of hydrogen-bond donors (Lipinski definition) is 1. The first-order valence-electron chi connectivity index (χ1n) is 13.8. The summed E-state index contributed by atoms with van der Waals surface area (Å²) in [6, 6.07) is 15.4. The summed E-state index contributed by atoms with van der Waals surface area (Å²) in [6.45, 7) is 6.82. The highest BCUT2D eigenvalue weighted by atomic mass is 35.5. The molecule has 4 aromatic rings. The van der Waals surface area contributed by atoms with Gasteiger partial charge in [-0.2, -0.15) is 0 Å². The summed E-state index contributed by atoms with van der Waals surface area (Å²) in [5.74, 6) is 0.373. The Labute approximate surface area is 242 Å². The van der Waals surface area contributed by atoms with Crippen LogP contribution in [-0.2, 0) is 24.4 Å². The minimum Gasteiger partial charge on any atom is -0.478 e. The Morgan fingerprint density at radius 1 is 1.15 bits per heavy atom. The van der Waals surface area contributed by atoms with Gasteiger partial charge < -0.3 is 19.1 Å². The molecule has 41 heavy (non-hydrogen) atoms. The van der Waals surface area contributed by atoms with Crippen LogP contribution in [0, 0.1) is 11.2 Å². The fourth-order valence-electron chi connectivity index (χ4n) is 5.64. The summed E-state index contributed by atoms with van der Waals surface area (Å²) >= 11 is 5.85. The van der Waals surface area contributed by atoms with Gasteiger partial charge >= 0.3 is 5.97 Å². The molecule has 4 heterocycles. The zero-order chi connectivity index (χ0) is 28.6. The number of piperidine rings is 1. The smallest absolute Gasteiger partial charge is 0.335 e. The third-order valence-corrected chi connectivity index (χ3v) is 8.26. The number of benzene rings is 2. The van der Waals surface area contributed by atoms with Crippen molar-refractivity contribution in [2.24, 2.45) is 5.41 Å². The van der Waals surface area contributed by atoms with Crippen LogP contribution in [0.4, 0.5) is 4.39 Å². The van der Waals surface area contributed by atoms with Gasteiger partial charge in [0, 0.05) is 40.2 Å². The Morgan fingerprint density at radius 2 is 1.95 bits per heavy atom. The number of aromatic carboxylic acids is 1. The number of rotatable bonds is 9. The molecule has 2 aromatic heterocycles. The van der Waals surface area contributed by atoms with Crippen LogP contribution in [0.25, 0.3) is 11.0 Å². The molecular formula is C31H32ClFN4O4. The molecule has 0 spiro atoms. The summed E-state index contributed by atoms with van der Waals surface area (Å²) < 4.78 is 27.6. The number of nitrogens with zero attached hydrogens (tertiary/aromatic N) is 4. The van der Waals surface area contributed by atoms with Gasteiger partial charge in [-0.25, -0.2) is 19.2 Å². The summed E-state index contributed by atoms with van der Waals surface area (Å²) in [4.78, 5) is 23.7. The summed E-state index contributed by atoms with van der Waals surface area (Å²) in [5.41, 5.74) is 3.33. The van der Waals surface area contributed by atoms with E-state index in [0.717, 1.165) is 55.0 Å². The highest BCUT2D eigenvalue weighted by Crippen LogP contribution is 2.33.